The van der Waals surface area contributed by atoms with Gasteiger partial charge in [-0.25, -0.2) is 0 Å². The number of methoxy groups -OCH3 is 1. The van der Waals surface area contributed by atoms with E-state index in [4.69, 9.17) is 4.74 Å². The number of rotatable bonds is 6. The van der Waals surface area contributed by atoms with Crippen molar-refractivity contribution in [3.05, 3.63) is 42.5 Å². The van der Waals surface area contributed by atoms with Crippen LogP contribution in [0.25, 0.3) is 0 Å². The Bertz CT molecular complexity index is 309. The summed E-state index contributed by atoms with van der Waals surface area (Å²) < 4.78 is 5.19. The quantitative estimate of drug-likeness (QED) is 0.420. The molecule has 0 spiro atoms. The van der Waals surface area contributed by atoms with E-state index in [1.165, 1.54) is 5.56 Å². The van der Waals surface area contributed by atoms with Crippen LogP contribution in [-0.4, -0.2) is 7.11 Å². The minimum atomic E-state index is 0.410. The van der Waals surface area contributed by atoms with E-state index >= 15 is 0 Å². The predicted octanol–water partition coefficient (Wildman–Crippen LogP) is 4.49. The van der Waals surface area contributed by atoms with Crippen LogP contribution in [0.1, 0.15) is 29.7 Å². The first-order valence-corrected chi connectivity index (χ1v) is 6.08. The second-order valence-electron chi connectivity index (χ2n) is 3.46. The average molecular weight is 269 g/mol. The van der Waals surface area contributed by atoms with Crippen LogP contribution in [-0.2, 0) is 0 Å². The number of hydrogen-bond donors (Lipinski definition) is 0. The maximum Gasteiger partial charge on any atom is 0.119 e. The molecular formula is C13H17BrO. The van der Waals surface area contributed by atoms with Gasteiger partial charge in [-0.15, -0.1) is 6.58 Å². The molecule has 1 nitrogen and oxygen atoms in total. The van der Waals surface area contributed by atoms with Gasteiger partial charge in [0.2, 0.25) is 0 Å². The molecule has 0 amide bonds. The molecule has 0 aromatic heterocycles. The van der Waals surface area contributed by atoms with E-state index in [1.807, 2.05) is 18.2 Å². The molecule has 0 saturated heterocycles. The molecule has 0 bridgehead atoms. The van der Waals surface area contributed by atoms with E-state index in [9.17, 15) is 0 Å². The lowest BCUT2D eigenvalue weighted by Crippen LogP contribution is -1.91. The molecule has 1 unspecified atom stereocenters. The number of alkyl halides is 1. The Balaban J connectivity index is 2.56. The van der Waals surface area contributed by atoms with Gasteiger partial charge in [-0.05, 0) is 37.0 Å². The molecule has 1 atom stereocenters. The maximum atomic E-state index is 5.19. The fourth-order valence-electron chi connectivity index (χ4n) is 1.44. The summed E-state index contributed by atoms with van der Waals surface area (Å²) in [5.74, 6) is 0.917. The van der Waals surface area contributed by atoms with Crippen LogP contribution in [0.4, 0.5) is 0 Å². The van der Waals surface area contributed by atoms with Gasteiger partial charge in [-0.3, -0.25) is 0 Å². The number of unbranched alkanes of at least 4 members (excludes halogenated alkanes) is 1. The third-order valence-electron chi connectivity index (χ3n) is 2.32. The third-order valence-corrected chi connectivity index (χ3v) is 3.31. The van der Waals surface area contributed by atoms with Crippen molar-refractivity contribution in [1.29, 1.82) is 0 Å². The van der Waals surface area contributed by atoms with Crippen molar-refractivity contribution >= 4 is 15.9 Å². The minimum absolute atomic E-state index is 0.410. The second-order valence-corrected chi connectivity index (χ2v) is 4.57. The molecule has 0 N–H and O–H groups in total. The summed E-state index contributed by atoms with van der Waals surface area (Å²) in [6, 6.07) is 8.19. The number of benzene rings is 1. The normalized spacial score (nSPS) is 12.1. The lowest BCUT2D eigenvalue weighted by Gasteiger charge is -2.10. The van der Waals surface area contributed by atoms with Crippen LogP contribution in [0.5, 0.6) is 5.75 Å². The smallest absolute Gasteiger partial charge is 0.119 e. The molecular weight excluding hydrogens is 252 g/mol. The van der Waals surface area contributed by atoms with E-state index < -0.39 is 0 Å². The standard InChI is InChI=1S/C13H17BrO/c1-3-4-5-9-13(14)11-7-6-8-12(10-11)15-2/h3,6-8,10,13H,1,4-5,9H2,2H3. The van der Waals surface area contributed by atoms with Crippen molar-refractivity contribution in [3.63, 3.8) is 0 Å². The van der Waals surface area contributed by atoms with E-state index in [0.29, 0.717) is 4.83 Å². The van der Waals surface area contributed by atoms with Crippen molar-refractivity contribution in [2.75, 3.05) is 7.11 Å². The van der Waals surface area contributed by atoms with Crippen LogP contribution < -0.4 is 4.74 Å². The van der Waals surface area contributed by atoms with E-state index in [-0.39, 0.29) is 0 Å². The van der Waals surface area contributed by atoms with Crippen LogP contribution in [0, 0.1) is 0 Å². The van der Waals surface area contributed by atoms with Gasteiger partial charge < -0.3 is 4.74 Å². The van der Waals surface area contributed by atoms with Gasteiger partial charge in [0.1, 0.15) is 5.75 Å². The molecule has 0 aliphatic rings. The maximum absolute atomic E-state index is 5.19. The fourth-order valence-corrected chi connectivity index (χ4v) is 2.05. The molecule has 0 aliphatic carbocycles. The summed E-state index contributed by atoms with van der Waals surface area (Å²) in [7, 11) is 1.69. The molecule has 0 aliphatic heterocycles. The van der Waals surface area contributed by atoms with E-state index in [2.05, 4.69) is 34.6 Å². The molecule has 0 fully saturated rings. The van der Waals surface area contributed by atoms with Crippen molar-refractivity contribution in [1.82, 2.24) is 0 Å². The Morgan fingerprint density at radius 1 is 1.53 bits per heavy atom. The highest BCUT2D eigenvalue weighted by molar-refractivity contribution is 9.09. The Morgan fingerprint density at radius 2 is 2.33 bits per heavy atom. The lowest BCUT2D eigenvalue weighted by atomic mass is 10.1. The van der Waals surface area contributed by atoms with Crippen LogP contribution in [0.15, 0.2) is 36.9 Å². The first kappa shape index (κ1) is 12.3. The largest absolute Gasteiger partial charge is 0.497 e. The summed E-state index contributed by atoms with van der Waals surface area (Å²) in [6.07, 6.45) is 5.33. The molecule has 0 saturated carbocycles. The first-order valence-electron chi connectivity index (χ1n) is 5.17. The van der Waals surface area contributed by atoms with Crippen molar-refractivity contribution in [2.24, 2.45) is 0 Å². The number of ether oxygens (including phenoxy) is 1. The Morgan fingerprint density at radius 3 is 3.00 bits per heavy atom. The third kappa shape index (κ3) is 4.08. The van der Waals surface area contributed by atoms with Crippen molar-refractivity contribution in [2.45, 2.75) is 24.1 Å². The van der Waals surface area contributed by atoms with Gasteiger partial charge in [-0.2, -0.15) is 0 Å². The Kier molecular flexibility index (Phi) is 5.48. The topological polar surface area (TPSA) is 9.23 Å². The first-order chi connectivity index (χ1) is 7.27. The molecule has 2 heteroatoms. The monoisotopic (exact) mass is 268 g/mol. The number of hydrogen-bond acceptors (Lipinski definition) is 1. The fraction of sp³-hybridized carbons (Fsp3) is 0.385. The zero-order chi connectivity index (χ0) is 11.1. The average Bonchev–Trinajstić information content (AvgIpc) is 2.29. The van der Waals surface area contributed by atoms with Crippen molar-refractivity contribution < 1.29 is 4.74 Å². The van der Waals surface area contributed by atoms with Gasteiger partial charge in [0.15, 0.2) is 0 Å². The Hall–Kier alpha value is -0.760. The summed E-state index contributed by atoms with van der Waals surface area (Å²) in [6.45, 7) is 3.72. The van der Waals surface area contributed by atoms with E-state index in [0.717, 1.165) is 25.0 Å². The molecule has 1 aromatic rings. The number of halogens is 1. The van der Waals surface area contributed by atoms with Crippen LogP contribution in [0.3, 0.4) is 0 Å². The van der Waals surface area contributed by atoms with Gasteiger partial charge in [-0.1, -0.05) is 34.1 Å². The highest BCUT2D eigenvalue weighted by Crippen LogP contribution is 2.30. The van der Waals surface area contributed by atoms with Crippen LogP contribution in [0.2, 0.25) is 0 Å². The van der Waals surface area contributed by atoms with Gasteiger partial charge >= 0.3 is 0 Å². The molecule has 15 heavy (non-hydrogen) atoms. The Labute approximate surface area is 100 Å². The van der Waals surface area contributed by atoms with Crippen molar-refractivity contribution in [3.8, 4) is 5.75 Å². The molecule has 82 valence electrons. The zero-order valence-electron chi connectivity index (χ0n) is 9.08. The summed E-state index contributed by atoms with van der Waals surface area (Å²) in [5.41, 5.74) is 1.28. The molecule has 0 radical (unpaired) electrons. The van der Waals surface area contributed by atoms with Gasteiger partial charge in [0.05, 0.1) is 7.11 Å². The molecule has 1 rings (SSSR count). The summed E-state index contributed by atoms with van der Waals surface area (Å²) in [5, 5.41) is 0. The lowest BCUT2D eigenvalue weighted by molar-refractivity contribution is 0.414. The predicted molar refractivity (Wildman–Crippen MR) is 68.7 cm³/mol. The minimum Gasteiger partial charge on any atom is -0.497 e. The summed E-state index contributed by atoms with van der Waals surface area (Å²) >= 11 is 3.69. The van der Waals surface area contributed by atoms with Gasteiger partial charge in [0, 0.05) is 4.83 Å². The second kappa shape index (κ2) is 6.67. The SMILES string of the molecule is C=CCCCC(Br)c1cccc(OC)c1. The molecule has 0 heterocycles. The highest BCUT2D eigenvalue weighted by Gasteiger charge is 2.07. The van der Waals surface area contributed by atoms with Gasteiger partial charge in [0.25, 0.3) is 0 Å². The molecule has 1 aromatic carbocycles. The highest BCUT2D eigenvalue weighted by atomic mass is 79.9. The van der Waals surface area contributed by atoms with E-state index in [1.54, 1.807) is 7.11 Å². The van der Waals surface area contributed by atoms with Crippen LogP contribution >= 0.6 is 15.9 Å². The zero-order valence-corrected chi connectivity index (χ0v) is 10.7. The number of allylic oxidation sites excluding steroid dienone is 1. The summed E-state index contributed by atoms with van der Waals surface area (Å²) in [4.78, 5) is 0.410.